The van der Waals surface area contributed by atoms with Crippen LogP contribution in [0.4, 0.5) is 5.69 Å². The Morgan fingerprint density at radius 2 is 2.00 bits per heavy atom. The summed E-state index contributed by atoms with van der Waals surface area (Å²) in [6, 6.07) is 13.3. The van der Waals surface area contributed by atoms with Crippen LogP contribution in [-0.2, 0) is 6.42 Å². The SMILES string of the molecule is CCc1ccc(C2Sc3ccc(C(N)=O)cc3N2O)cc1. The molecule has 0 aliphatic carbocycles. The van der Waals surface area contributed by atoms with Gasteiger partial charge in [0.2, 0.25) is 5.91 Å². The van der Waals surface area contributed by atoms with Crippen molar-refractivity contribution >= 4 is 23.4 Å². The molecule has 2 aromatic carbocycles. The number of primary amides is 1. The molecule has 1 aliphatic rings. The summed E-state index contributed by atoms with van der Waals surface area (Å²) >= 11 is 1.56. The summed E-state index contributed by atoms with van der Waals surface area (Å²) in [7, 11) is 0. The number of hydroxylamine groups is 1. The highest BCUT2D eigenvalue weighted by Crippen LogP contribution is 2.50. The normalized spacial score (nSPS) is 16.9. The van der Waals surface area contributed by atoms with Crippen LogP contribution in [0.5, 0.6) is 0 Å². The zero-order valence-corrected chi connectivity index (χ0v) is 12.4. The van der Waals surface area contributed by atoms with E-state index in [9.17, 15) is 10.0 Å². The van der Waals surface area contributed by atoms with Crippen LogP contribution in [0, 0.1) is 0 Å². The van der Waals surface area contributed by atoms with E-state index >= 15 is 0 Å². The van der Waals surface area contributed by atoms with Gasteiger partial charge in [0.05, 0.1) is 5.69 Å². The highest BCUT2D eigenvalue weighted by Gasteiger charge is 2.31. The van der Waals surface area contributed by atoms with E-state index in [1.807, 2.05) is 18.2 Å². The second-order valence-electron chi connectivity index (χ2n) is 4.96. The minimum absolute atomic E-state index is 0.200. The summed E-state index contributed by atoms with van der Waals surface area (Å²) in [4.78, 5) is 12.2. The predicted octanol–water partition coefficient (Wildman–Crippen LogP) is 3.35. The van der Waals surface area contributed by atoms with Crippen LogP contribution < -0.4 is 10.8 Å². The van der Waals surface area contributed by atoms with Gasteiger partial charge in [-0.25, -0.2) is 5.06 Å². The monoisotopic (exact) mass is 300 g/mol. The maximum atomic E-state index is 11.2. The molecule has 0 aromatic heterocycles. The minimum atomic E-state index is -0.494. The van der Waals surface area contributed by atoms with Crippen molar-refractivity contribution in [2.45, 2.75) is 23.6 Å². The Hall–Kier alpha value is -1.98. The zero-order valence-electron chi connectivity index (χ0n) is 11.6. The van der Waals surface area contributed by atoms with E-state index in [1.54, 1.807) is 23.9 Å². The minimum Gasteiger partial charge on any atom is -0.366 e. The zero-order chi connectivity index (χ0) is 15.0. The lowest BCUT2D eigenvalue weighted by Crippen LogP contribution is -2.19. The molecule has 5 heteroatoms. The molecule has 0 saturated carbocycles. The first-order valence-electron chi connectivity index (χ1n) is 6.77. The van der Waals surface area contributed by atoms with Gasteiger partial charge in [0.1, 0.15) is 5.37 Å². The van der Waals surface area contributed by atoms with Gasteiger partial charge in [-0.1, -0.05) is 43.0 Å². The quantitative estimate of drug-likeness (QED) is 0.912. The van der Waals surface area contributed by atoms with Crippen LogP contribution >= 0.6 is 11.8 Å². The molecule has 1 amide bonds. The molecule has 1 aliphatic heterocycles. The molecule has 108 valence electrons. The van der Waals surface area contributed by atoms with Gasteiger partial charge in [0.25, 0.3) is 0 Å². The average molecular weight is 300 g/mol. The Morgan fingerprint density at radius 1 is 1.29 bits per heavy atom. The fraction of sp³-hybridized carbons (Fsp3) is 0.188. The topological polar surface area (TPSA) is 66.6 Å². The Balaban J connectivity index is 1.92. The number of fused-ring (bicyclic) bond motifs is 1. The molecule has 0 fully saturated rings. The third kappa shape index (κ3) is 2.50. The van der Waals surface area contributed by atoms with Gasteiger partial charge in [-0.05, 0) is 35.7 Å². The summed E-state index contributed by atoms with van der Waals surface area (Å²) in [5.74, 6) is -0.494. The van der Waals surface area contributed by atoms with E-state index in [0.717, 1.165) is 16.9 Å². The summed E-state index contributed by atoms with van der Waals surface area (Å²) in [6.07, 6.45) is 0.989. The highest BCUT2D eigenvalue weighted by molar-refractivity contribution is 8.00. The van der Waals surface area contributed by atoms with Crippen molar-refractivity contribution in [2.75, 3.05) is 5.06 Å². The van der Waals surface area contributed by atoms with E-state index in [-0.39, 0.29) is 5.37 Å². The molecule has 2 aromatic rings. The molecule has 1 unspecified atom stereocenters. The number of nitrogens with zero attached hydrogens (tertiary/aromatic N) is 1. The molecular weight excluding hydrogens is 284 g/mol. The van der Waals surface area contributed by atoms with Gasteiger partial charge < -0.3 is 5.73 Å². The van der Waals surface area contributed by atoms with Crippen LogP contribution in [0.3, 0.4) is 0 Å². The summed E-state index contributed by atoms with van der Waals surface area (Å²) in [5.41, 5.74) is 8.60. The number of rotatable bonds is 3. The van der Waals surface area contributed by atoms with Gasteiger partial charge >= 0.3 is 0 Å². The number of amides is 1. The summed E-state index contributed by atoms with van der Waals surface area (Å²) in [6.45, 7) is 2.11. The third-order valence-corrected chi connectivity index (χ3v) is 4.92. The van der Waals surface area contributed by atoms with Crippen molar-refractivity contribution in [3.63, 3.8) is 0 Å². The predicted molar refractivity (Wildman–Crippen MR) is 83.6 cm³/mol. The van der Waals surface area contributed by atoms with Crippen LogP contribution in [0.2, 0.25) is 0 Å². The maximum absolute atomic E-state index is 11.2. The molecule has 3 rings (SSSR count). The molecule has 21 heavy (non-hydrogen) atoms. The maximum Gasteiger partial charge on any atom is 0.248 e. The van der Waals surface area contributed by atoms with Crippen molar-refractivity contribution < 1.29 is 10.0 Å². The summed E-state index contributed by atoms with van der Waals surface area (Å²) in [5, 5.41) is 11.4. The standard InChI is InChI=1S/C16H16N2O2S/c1-2-10-3-5-11(6-4-10)16-18(20)13-9-12(15(17)19)7-8-14(13)21-16/h3-9,16,20H,2H2,1H3,(H2,17,19). The molecule has 0 saturated heterocycles. The number of aryl methyl sites for hydroxylation is 1. The van der Waals surface area contributed by atoms with Gasteiger partial charge in [0.15, 0.2) is 0 Å². The lowest BCUT2D eigenvalue weighted by molar-refractivity contribution is 0.1000. The van der Waals surface area contributed by atoms with Crippen LogP contribution in [-0.4, -0.2) is 11.1 Å². The number of carbonyl (C=O) groups excluding carboxylic acids is 1. The number of hydrogen-bond donors (Lipinski definition) is 2. The van der Waals surface area contributed by atoms with Gasteiger partial charge in [-0.3, -0.25) is 10.0 Å². The van der Waals surface area contributed by atoms with E-state index < -0.39 is 5.91 Å². The van der Waals surface area contributed by atoms with E-state index in [0.29, 0.717) is 11.3 Å². The average Bonchev–Trinajstić information content (AvgIpc) is 2.84. The lowest BCUT2D eigenvalue weighted by atomic mass is 10.1. The van der Waals surface area contributed by atoms with Crippen molar-refractivity contribution in [1.82, 2.24) is 0 Å². The van der Waals surface area contributed by atoms with Crippen molar-refractivity contribution in [2.24, 2.45) is 5.73 Å². The number of anilines is 1. The van der Waals surface area contributed by atoms with Crippen molar-refractivity contribution in [3.8, 4) is 0 Å². The molecule has 1 atom stereocenters. The molecule has 3 N–H and O–H groups in total. The number of nitrogens with two attached hydrogens (primary N) is 1. The van der Waals surface area contributed by atoms with Crippen LogP contribution in [0.25, 0.3) is 0 Å². The van der Waals surface area contributed by atoms with Crippen molar-refractivity contribution in [3.05, 3.63) is 59.2 Å². The molecule has 0 spiro atoms. The van der Waals surface area contributed by atoms with E-state index in [4.69, 9.17) is 5.73 Å². The third-order valence-electron chi connectivity index (χ3n) is 3.62. The Bertz CT molecular complexity index is 685. The number of hydrogen-bond acceptors (Lipinski definition) is 4. The lowest BCUT2D eigenvalue weighted by Gasteiger charge is -2.19. The Kier molecular flexibility index (Phi) is 3.61. The van der Waals surface area contributed by atoms with E-state index in [1.165, 1.54) is 10.6 Å². The van der Waals surface area contributed by atoms with E-state index in [2.05, 4.69) is 19.1 Å². The van der Waals surface area contributed by atoms with Gasteiger partial charge in [-0.15, -0.1) is 0 Å². The first kappa shape index (κ1) is 14.0. The first-order chi connectivity index (χ1) is 10.1. The van der Waals surface area contributed by atoms with Gasteiger partial charge in [0, 0.05) is 10.5 Å². The smallest absolute Gasteiger partial charge is 0.248 e. The number of thioether (sulfide) groups is 1. The number of benzene rings is 2. The second-order valence-corrected chi connectivity index (χ2v) is 6.08. The number of carbonyl (C=O) groups is 1. The van der Waals surface area contributed by atoms with Crippen molar-refractivity contribution in [1.29, 1.82) is 0 Å². The van der Waals surface area contributed by atoms with Crippen LogP contribution in [0.15, 0.2) is 47.4 Å². The molecule has 0 bridgehead atoms. The molecular formula is C16H16N2O2S. The Morgan fingerprint density at radius 3 is 2.62 bits per heavy atom. The molecule has 4 nitrogen and oxygen atoms in total. The van der Waals surface area contributed by atoms with Gasteiger partial charge in [-0.2, -0.15) is 0 Å². The largest absolute Gasteiger partial charge is 0.366 e. The fourth-order valence-corrected chi connectivity index (χ4v) is 3.54. The fourth-order valence-electron chi connectivity index (χ4n) is 2.37. The molecule has 1 heterocycles. The Labute approximate surface area is 127 Å². The van der Waals surface area contributed by atoms with Crippen LogP contribution in [0.1, 0.15) is 33.8 Å². The first-order valence-corrected chi connectivity index (χ1v) is 7.65. The molecule has 0 radical (unpaired) electrons. The highest BCUT2D eigenvalue weighted by atomic mass is 32.2. The second kappa shape index (κ2) is 5.42. The summed E-state index contributed by atoms with van der Waals surface area (Å²) < 4.78 is 0.